The lowest BCUT2D eigenvalue weighted by molar-refractivity contribution is 0.908. The lowest BCUT2D eigenvalue weighted by atomic mass is 10.2. The quantitative estimate of drug-likeness (QED) is 0.686. The molecule has 3 aromatic rings. The summed E-state index contributed by atoms with van der Waals surface area (Å²) >= 11 is 0. The van der Waals surface area contributed by atoms with Gasteiger partial charge in [0.25, 0.3) is 0 Å². The summed E-state index contributed by atoms with van der Waals surface area (Å²) in [4.78, 5) is 17.2. The monoisotopic (exact) mass is 349 g/mol. The Morgan fingerprint density at radius 2 is 1.04 bits per heavy atom. The first kappa shape index (κ1) is 17.5. The predicted octanol–water partition coefficient (Wildman–Crippen LogP) is 3.17. The van der Waals surface area contributed by atoms with Gasteiger partial charge < -0.3 is 9.80 Å². The van der Waals surface area contributed by atoms with Gasteiger partial charge in [-0.15, -0.1) is 0 Å². The van der Waals surface area contributed by atoms with Crippen LogP contribution in [0, 0.1) is 0 Å². The Morgan fingerprint density at radius 1 is 0.615 bits per heavy atom. The molecular formula is C19H23N7. The number of nitrogens with zero attached hydrogens (tertiary/aromatic N) is 6. The standard InChI is InChI=1S/C19H23N7/c1-24(2)18-20-17(21-19(22-18)25(3)4)23-26(15-11-7-5-8-12-15)16-13-9-6-10-14-16/h5-14H,1-4H3,(H,20,21,22,23). The predicted molar refractivity (Wildman–Crippen MR) is 107 cm³/mol. The molecule has 0 saturated carbocycles. The van der Waals surface area contributed by atoms with E-state index in [0.29, 0.717) is 17.8 Å². The Morgan fingerprint density at radius 3 is 1.42 bits per heavy atom. The van der Waals surface area contributed by atoms with Crippen LogP contribution in [0.15, 0.2) is 60.7 Å². The van der Waals surface area contributed by atoms with E-state index in [1.54, 1.807) is 0 Å². The highest BCUT2D eigenvalue weighted by molar-refractivity contribution is 5.66. The van der Waals surface area contributed by atoms with Gasteiger partial charge in [-0.25, -0.2) is 0 Å². The van der Waals surface area contributed by atoms with Crippen molar-refractivity contribution >= 4 is 29.2 Å². The summed E-state index contributed by atoms with van der Waals surface area (Å²) < 4.78 is 0. The van der Waals surface area contributed by atoms with E-state index in [2.05, 4.69) is 20.4 Å². The van der Waals surface area contributed by atoms with E-state index in [9.17, 15) is 0 Å². The molecular weight excluding hydrogens is 326 g/mol. The van der Waals surface area contributed by atoms with Crippen molar-refractivity contribution in [1.29, 1.82) is 0 Å². The normalized spacial score (nSPS) is 10.3. The number of anilines is 5. The van der Waals surface area contributed by atoms with Crippen molar-refractivity contribution in [3.8, 4) is 0 Å². The SMILES string of the molecule is CN(C)c1nc(NN(c2ccccc2)c2ccccc2)nc(N(C)C)n1. The van der Waals surface area contributed by atoms with E-state index in [4.69, 9.17) is 0 Å². The van der Waals surface area contributed by atoms with Gasteiger partial charge in [-0.05, 0) is 24.3 Å². The Kier molecular flexibility index (Phi) is 5.17. The second-order valence-electron chi connectivity index (χ2n) is 6.17. The molecule has 0 atom stereocenters. The summed E-state index contributed by atoms with van der Waals surface area (Å²) in [5, 5.41) is 1.95. The first-order chi connectivity index (χ1) is 12.5. The Labute approximate surface area is 153 Å². The van der Waals surface area contributed by atoms with Crippen LogP contribution in [0.5, 0.6) is 0 Å². The Hall–Kier alpha value is -3.35. The average molecular weight is 349 g/mol. The van der Waals surface area contributed by atoms with Crippen LogP contribution in [0.1, 0.15) is 0 Å². The molecule has 26 heavy (non-hydrogen) atoms. The van der Waals surface area contributed by atoms with Crippen LogP contribution in [0.25, 0.3) is 0 Å². The van der Waals surface area contributed by atoms with Crippen molar-refractivity contribution in [2.45, 2.75) is 0 Å². The van der Waals surface area contributed by atoms with Gasteiger partial charge in [-0.1, -0.05) is 36.4 Å². The lowest BCUT2D eigenvalue weighted by Crippen LogP contribution is -2.27. The van der Waals surface area contributed by atoms with Crippen molar-refractivity contribution in [2.24, 2.45) is 0 Å². The van der Waals surface area contributed by atoms with Crippen LogP contribution in [-0.4, -0.2) is 43.1 Å². The highest BCUT2D eigenvalue weighted by Gasteiger charge is 2.14. The average Bonchev–Trinajstić information content (AvgIpc) is 2.67. The van der Waals surface area contributed by atoms with Gasteiger partial charge in [0.15, 0.2) is 0 Å². The molecule has 2 aromatic carbocycles. The van der Waals surface area contributed by atoms with Gasteiger partial charge in [0.1, 0.15) is 0 Å². The van der Waals surface area contributed by atoms with Crippen LogP contribution < -0.4 is 20.2 Å². The smallest absolute Gasteiger partial charge is 0.248 e. The zero-order chi connectivity index (χ0) is 18.5. The molecule has 1 heterocycles. The highest BCUT2D eigenvalue weighted by Crippen LogP contribution is 2.25. The van der Waals surface area contributed by atoms with Gasteiger partial charge in [0, 0.05) is 28.2 Å². The molecule has 1 aromatic heterocycles. The van der Waals surface area contributed by atoms with Crippen molar-refractivity contribution in [3.63, 3.8) is 0 Å². The second-order valence-corrected chi connectivity index (χ2v) is 6.17. The molecule has 134 valence electrons. The van der Waals surface area contributed by atoms with Crippen molar-refractivity contribution in [3.05, 3.63) is 60.7 Å². The summed E-state index contributed by atoms with van der Waals surface area (Å²) in [7, 11) is 7.63. The van der Waals surface area contributed by atoms with Gasteiger partial charge in [0.05, 0.1) is 11.4 Å². The van der Waals surface area contributed by atoms with Crippen molar-refractivity contribution < 1.29 is 0 Å². The molecule has 0 unspecified atom stereocenters. The fraction of sp³-hybridized carbons (Fsp3) is 0.211. The molecule has 0 radical (unpaired) electrons. The third-order valence-electron chi connectivity index (χ3n) is 3.65. The van der Waals surface area contributed by atoms with E-state index in [1.807, 2.05) is 104 Å². The maximum atomic E-state index is 4.53. The van der Waals surface area contributed by atoms with Gasteiger partial charge in [-0.2, -0.15) is 15.0 Å². The lowest BCUT2D eigenvalue weighted by Gasteiger charge is -2.26. The summed E-state index contributed by atoms with van der Waals surface area (Å²) in [6, 6.07) is 20.1. The van der Waals surface area contributed by atoms with E-state index < -0.39 is 0 Å². The third-order valence-corrected chi connectivity index (χ3v) is 3.65. The summed E-state index contributed by atoms with van der Waals surface area (Å²) in [5.41, 5.74) is 5.29. The fourth-order valence-electron chi connectivity index (χ4n) is 2.34. The molecule has 3 rings (SSSR count). The zero-order valence-electron chi connectivity index (χ0n) is 15.5. The van der Waals surface area contributed by atoms with Gasteiger partial charge >= 0.3 is 0 Å². The molecule has 0 aliphatic rings. The molecule has 0 aliphatic heterocycles. The van der Waals surface area contributed by atoms with Gasteiger partial charge in [-0.3, -0.25) is 10.4 Å². The number of rotatable bonds is 6. The van der Waals surface area contributed by atoms with E-state index in [1.165, 1.54) is 0 Å². The Bertz CT molecular complexity index is 769. The summed E-state index contributed by atoms with van der Waals surface area (Å²) in [5.74, 6) is 1.65. The van der Waals surface area contributed by atoms with Crippen molar-refractivity contribution in [1.82, 2.24) is 15.0 Å². The van der Waals surface area contributed by atoms with E-state index in [-0.39, 0.29) is 0 Å². The first-order valence-electron chi connectivity index (χ1n) is 8.32. The summed E-state index contributed by atoms with van der Waals surface area (Å²) in [6.07, 6.45) is 0. The molecule has 0 spiro atoms. The van der Waals surface area contributed by atoms with Gasteiger partial charge in [0.2, 0.25) is 17.8 Å². The minimum Gasteiger partial charge on any atom is -0.347 e. The molecule has 0 aliphatic carbocycles. The largest absolute Gasteiger partial charge is 0.347 e. The maximum Gasteiger partial charge on any atom is 0.248 e. The number of para-hydroxylation sites is 2. The fourth-order valence-corrected chi connectivity index (χ4v) is 2.34. The number of nitrogens with one attached hydrogen (secondary N) is 1. The number of hydrogen-bond donors (Lipinski definition) is 1. The number of benzene rings is 2. The van der Waals surface area contributed by atoms with Crippen LogP contribution in [0.4, 0.5) is 29.2 Å². The summed E-state index contributed by atoms with van der Waals surface area (Å²) in [6.45, 7) is 0. The topological polar surface area (TPSA) is 60.4 Å². The molecule has 1 N–H and O–H groups in total. The van der Waals surface area contributed by atoms with Crippen LogP contribution in [0.2, 0.25) is 0 Å². The minimum atomic E-state index is 0.472. The van der Waals surface area contributed by atoms with E-state index in [0.717, 1.165) is 11.4 Å². The first-order valence-corrected chi connectivity index (χ1v) is 8.32. The number of hydrazine groups is 1. The number of aromatic nitrogens is 3. The third kappa shape index (κ3) is 4.00. The number of hydrogen-bond acceptors (Lipinski definition) is 7. The van der Waals surface area contributed by atoms with Crippen LogP contribution in [0.3, 0.4) is 0 Å². The molecule has 7 nitrogen and oxygen atoms in total. The van der Waals surface area contributed by atoms with Crippen LogP contribution >= 0.6 is 0 Å². The molecule has 0 fully saturated rings. The highest BCUT2D eigenvalue weighted by atomic mass is 15.6. The van der Waals surface area contributed by atoms with Crippen molar-refractivity contribution in [2.75, 3.05) is 48.4 Å². The second kappa shape index (κ2) is 7.69. The zero-order valence-corrected chi connectivity index (χ0v) is 15.5. The van der Waals surface area contributed by atoms with Crippen LogP contribution in [-0.2, 0) is 0 Å². The molecule has 7 heteroatoms. The molecule has 0 bridgehead atoms. The Balaban J connectivity index is 2.02. The van der Waals surface area contributed by atoms with E-state index >= 15 is 0 Å². The molecule has 0 amide bonds. The minimum absolute atomic E-state index is 0.472. The maximum absolute atomic E-state index is 4.53. The molecule has 0 saturated heterocycles.